The van der Waals surface area contributed by atoms with Crippen molar-refractivity contribution in [1.82, 2.24) is 4.90 Å². The van der Waals surface area contributed by atoms with Gasteiger partial charge in [0.15, 0.2) is 0 Å². The highest BCUT2D eigenvalue weighted by Gasteiger charge is 2.22. The minimum absolute atomic E-state index is 0.325. The zero-order valence-electron chi connectivity index (χ0n) is 10.4. The number of hydrogen-bond acceptors (Lipinski definition) is 2. The van der Waals surface area contributed by atoms with E-state index in [0.717, 1.165) is 19.5 Å². The van der Waals surface area contributed by atoms with Crippen molar-refractivity contribution in [1.29, 1.82) is 0 Å². The summed E-state index contributed by atoms with van der Waals surface area (Å²) in [5, 5.41) is 0. The van der Waals surface area contributed by atoms with E-state index in [1.807, 2.05) is 0 Å². The van der Waals surface area contributed by atoms with E-state index >= 15 is 0 Å². The first kappa shape index (κ1) is 11.5. The standard InChI is InChI=1S/C14H21NO/c1-11-5-4-6-14(8-7-11)15-9-12(2)16-13(3)10-15/h4,6-8,12-13H,5,9-10H2,1-3H3/t12-,13+. The minimum Gasteiger partial charge on any atom is -0.372 e. The fraction of sp³-hybridized carbons (Fsp3) is 0.571. The molecule has 0 aromatic heterocycles. The molecule has 0 spiro atoms. The predicted molar refractivity (Wildman–Crippen MR) is 67.2 cm³/mol. The number of nitrogens with zero attached hydrogens (tertiary/aromatic N) is 1. The molecular weight excluding hydrogens is 198 g/mol. The molecule has 1 aliphatic heterocycles. The Hall–Kier alpha value is -1.02. The maximum atomic E-state index is 5.75. The van der Waals surface area contributed by atoms with Gasteiger partial charge in [0.1, 0.15) is 0 Å². The van der Waals surface area contributed by atoms with Crippen molar-refractivity contribution in [2.24, 2.45) is 0 Å². The van der Waals surface area contributed by atoms with Gasteiger partial charge in [0.25, 0.3) is 0 Å². The van der Waals surface area contributed by atoms with Gasteiger partial charge in [-0.25, -0.2) is 0 Å². The zero-order chi connectivity index (χ0) is 11.5. The summed E-state index contributed by atoms with van der Waals surface area (Å²) in [6, 6.07) is 0. The number of ether oxygens (including phenoxy) is 1. The van der Waals surface area contributed by atoms with E-state index in [0.29, 0.717) is 12.2 Å². The van der Waals surface area contributed by atoms with Crippen molar-refractivity contribution in [2.45, 2.75) is 39.4 Å². The molecule has 2 nitrogen and oxygen atoms in total. The van der Waals surface area contributed by atoms with Crippen molar-refractivity contribution >= 4 is 0 Å². The number of morpholine rings is 1. The van der Waals surface area contributed by atoms with Crippen molar-refractivity contribution in [3.05, 3.63) is 35.6 Å². The van der Waals surface area contributed by atoms with E-state index in [4.69, 9.17) is 4.74 Å². The van der Waals surface area contributed by atoms with Crippen molar-refractivity contribution in [3.8, 4) is 0 Å². The highest BCUT2D eigenvalue weighted by Crippen LogP contribution is 2.19. The molecule has 0 bridgehead atoms. The lowest BCUT2D eigenvalue weighted by atomic mass is 10.2. The molecular formula is C14H21NO. The topological polar surface area (TPSA) is 12.5 Å². The van der Waals surface area contributed by atoms with Crippen LogP contribution in [0.5, 0.6) is 0 Å². The maximum absolute atomic E-state index is 5.75. The summed E-state index contributed by atoms with van der Waals surface area (Å²) in [6.07, 6.45) is 10.6. The second kappa shape index (κ2) is 4.88. The smallest absolute Gasteiger partial charge is 0.0726 e. The molecule has 0 unspecified atom stereocenters. The molecule has 2 heteroatoms. The Morgan fingerprint density at radius 2 is 1.88 bits per heavy atom. The van der Waals surface area contributed by atoms with Gasteiger partial charge >= 0.3 is 0 Å². The van der Waals surface area contributed by atoms with Crippen LogP contribution in [0.4, 0.5) is 0 Å². The van der Waals surface area contributed by atoms with Crippen LogP contribution in [-0.4, -0.2) is 30.2 Å². The first-order chi connectivity index (χ1) is 7.65. The number of hydrogen-bond donors (Lipinski definition) is 0. The fourth-order valence-corrected chi connectivity index (χ4v) is 2.32. The molecule has 0 amide bonds. The Morgan fingerprint density at radius 3 is 2.56 bits per heavy atom. The Balaban J connectivity index is 2.12. The molecule has 0 aromatic rings. The van der Waals surface area contributed by atoms with Crippen molar-refractivity contribution in [3.63, 3.8) is 0 Å². The van der Waals surface area contributed by atoms with E-state index in [9.17, 15) is 0 Å². The molecule has 2 rings (SSSR count). The third-order valence-corrected chi connectivity index (χ3v) is 3.05. The summed E-state index contributed by atoms with van der Waals surface area (Å²) in [5.41, 5.74) is 2.74. The van der Waals surface area contributed by atoms with Gasteiger partial charge in [0.05, 0.1) is 12.2 Å². The highest BCUT2D eigenvalue weighted by atomic mass is 16.5. The minimum atomic E-state index is 0.325. The van der Waals surface area contributed by atoms with Gasteiger partial charge in [-0.2, -0.15) is 0 Å². The second-order valence-electron chi connectivity index (χ2n) is 4.87. The van der Waals surface area contributed by atoms with Gasteiger partial charge in [0, 0.05) is 18.8 Å². The van der Waals surface area contributed by atoms with Crippen LogP contribution in [-0.2, 0) is 4.74 Å². The van der Waals surface area contributed by atoms with Crippen LogP contribution in [0.3, 0.4) is 0 Å². The molecule has 0 N–H and O–H groups in total. The van der Waals surface area contributed by atoms with Crippen LogP contribution in [0.2, 0.25) is 0 Å². The summed E-state index contributed by atoms with van der Waals surface area (Å²) < 4.78 is 5.75. The summed E-state index contributed by atoms with van der Waals surface area (Å²) in [4.78, 5) is 2.42. The molecule has 2 aliphatic rings. The zero-order valence-corrected chi connectivity index (χ0v) is 10.4. The Morgan fingerprint density at radius 1 is 1.19 bits per heavy atom. The second-order valence-corrected chi connectivity index (χ2v) is 4.87. The van der Waals surface area contributed by atoms with Crippen LogP contribution in [0.15, 0.2) is 35.6 Å². The average Bonchev–Trinajstić information content (AvgIpc) is 2.41. The van der Waals surface area contributed by atoms with Gasteiger partial charge in [-0.1, -0.05) is 17.7 Å². The quantitative estimate of drug-likeness (QED) is 0.672. The molecule has 0 saturated carbocycles. The third-order valence-electron chi connectivity index (χ3n) is 3.05. The van der Waals surface area contributed by atoms with E-state index in [2.05, 4.69) is 50.0 Å². The lowest BCUT2D eigenvalue weighted by molar-refractivity contribution is -0.0567. The molecule has 0 radical (unpaired) electrons. The predicted octanol–water partition coefficient (Wildman–Crippen LogP) is 2.89. The largest absolute Gasteiger partial charge is 0.372 e. The summed E-state index contributed by atoms with van der Waals surface area (Å²) in [6.45, 7) is 8.45. The Bertz CT molecular complexity index is 331. The monoisotopic (exact) mass is 219 g/mol. The summed E-state index contributed by atoms with van der Waals surface area (Å²) in [5.74, 6) is 0. The number of allylic oxidation sites excluding steroid dienone is 5. The normalized spacial score (nSPS) is 30.8. The molecule has 1 heterocycles. The first-order valence-corrected chi connectivity index (χ1v) is 6.09. The Kier molecular flexibility index (Phi) is 3.49. The van der Waals surface area contributed by atoms with Crippen molar-refractivity contribution in [2.75, 3.05) is 13.1 Å². The first-order valence-electron chi connectivity index (χ1n) is 6.09. The van der Waals surface area contributed by atoms with Gasteiger partial charge in [-0.05, 0) is 39.3 Å². The van der Waals surface area contributed by atoms with Crippen LogP contribution < -0.4 is 0 Å². The van der Waals surface area contributed by atoms with Gasteiger partial charge in [-0.15, -0.1) is 0 Å². The van der Waals surface area contributed by atoms with E-state index in [-0.39, 0.29) is 0 Å². The highest BCUT2D eigenvalue weighted by molar-refractivity contribution is 5.29. The molecule has 1 saturated heterocycles. The summed E-state index contributed by atoms with van der Waals surface area (Å²) in [7, 11) is 0. The van der Waals surface area contributed by atoms with E-state index in [1.54, 1.807) is 0 Å². The van der Waals surface area contributed by atoms with Gasteiger partial charge in [0.2, 0.25) is 0 Å². The van der Waals surface area contributed by atoms with Gasteiger partial charge in [-0.3, -0.25) is 0 Å². The van der Waals surface area contributed by atoms with E-state index in [1.165, 1.54) is 11.3 Å². The lowest BCUT2D eigenvalue weighted by Gasteiger charge is -2.37. The van der Waals surface area contributed by atoms with Crippen LogP contribution in [0, 0.1) is 0 Å². The Labute approximate surface area is 98.3 Å². The molecule has 0 aromatic carbocycles. The molecule has 2 atom stereocenters. The van der Waals surface area contributed by atoms with E-state index < -0.39 is 0 Å². The molecule has 88 valence electrons. The van der Waals surface area contributed by atoms with Gasteiger partial charge < -0.3 is 9.64 Å². The van der Waals surface area contributed by atoms with Crippen LogP contribution in [0.25, 0.3) is 0 Å². The SMILES string of the molecule is CC1=CC=C(N2C[C@@H](C)O[C@@H](C)C2)C=CC1. The van der Waals surface area contributed by atoms with Crippen LogP contribution >= 0.6 is 0 Å². The maximum Gasteiger partial charge on any atom is 0.0726 e. The third kappa shape index (κ3) is 2.76. The summed E-state index contributed by atoms with van der Waals surface area (Å²) >= 11 is 0. The molecule has 1 aliphatic carbocycles. The number of rotatable bonds is 1. The molecule has 1 fully saturated rings. The van der Waals surface area contributed by atoms with Crippen LogP contribution in [0.1, 0.15) is 27.2 Å². The fourth-order valence-electron chi connectivity index (χ4n) is 2.32. The molecule has 16 heavy (non-hydrogen) atoms. The van der Waals surface area contributed by atoms with Crippen molar-refractivity contribution < 1.29 is 4.74 Å². The lowest BCUT2D eigenvalue weighted by Crippen LogP contribution is -2.44. The average molecular weight is 219 g/mol.